The monoisotopic (exact) mass is 289 g/mol. The fourth-order valence-electron chi connectivity index (χ4n) is 1.83. The third kappa shape index (κ3) is 3.52. The Morgan fingerprint density at radius 1 is 1.25 bits per heavy atom. The lowest BCUT2D eigenvalue weighted by molar-refractivity contribution is 0.102. The number of halogens is 1. The number of benzene rings is 2. The van der Waals surface area contributed by atoms with Crippen molar-refractivity contribution >= 4 is 23.2 Å². The highest BCUT2D eigenvalue weighted by Crippen LogP contribution is 2.21. The van der Waals surface area contributed by atoms with Crippen molar-refractivity contribution in [3.05, 3.63) is 58.6 Å². The van der Waals surface area contributed by atoms with Crippen molar-refractivity contribution in [1.82, 2.24) is 0 Å². The molecule has 0 aliphatic carbocycles. The Morgan fingerprint density at radius 3 is 2.75 bits per heavy atom. The number of carbonyl (C=O) groups excluding carboxylic acids is 1. The number of nitrogens with one attached hydrogen (secondary N) is 1. The molecule has 2 rings (SSSR count). The fraction of sp³-hybridized carbons (Fsp3) is 0.188. The smallest absolute Gasteiger partial charge is 0.257 e. The number of hydrogen-bond donors (Lipinski definition) is 1. The minimum absolute atomic E-state index is 0.233. The van der Waals surface area contributed by atoms with Gasteiger partial charge in [-0.1, -0.05) is 23.7 Å². The number of rotatable bonds is 4. The zero-order chi connectivity index (χ0) is 14.5. The Balaban J connectivity index is 2.17. The summed E-state index contributed by atoms with van der Waals surface area (Å²) in [7, 11) is 0. The van der Waals surface area contributed by atoms with Gasteiger partial charge >= 0.3 is 0 Å². The Morgan fingerprint density at radius 2 is 2.05 bits per heavy atom. The first-order valence-electron chi connectivity index (χ1n) is 6.40. The van der Waals surface area contributed by atoms with Gasteiger partial charge in [-0.05, 0) is 43.7 Å². The van der Waals surface area contributed by atoms with Gasteiger partial charge in [0.15, 0.2) is 0 Å². The van der Waals surface area contributed by atoms with Gasteiger partial charge < -0.3 is 10.1 Å². The molecule has 0 bridgehead atoms. The van der Waals surface area contributed by atoms with Crippen LogP contribution in [0.25, 0.3) is 0 Å². The largest absolute Gasteiger partial charge is 0.494 e. The van der Waals surface area contributed by atoms with Gasteiger partial charge in [0.05, 0.1) is 17.2 Å². The molecule has 0 fully saturated rings. The minimum atomic E-state index is -0.233. The Kier molecular flexibility index (Phi) is 4.64. The van der Waals surface area contributed by atoms with Crippen LogP contribution < -0.4 is 10.1 Å². The van der Waals surface area contributed by atoms with Crippen molar-refractivity contribution in [3.8, 4) is 5.75 Å². The van der Waals surface area contributed by atoms with Crippen LogP contribution in [0, 0.1) is 6.92 Å². The number of carbonyl (C=O) groups is 1. The molecular weight excluding hydrogens is 274 g/mol. The maximum atomic E-state index is 12.2. The second kappa shape index (κ2) is 6.44. The third-order valence-corrected chi connectivity index (χ3v) is 3.08. The predicted octanol–water partition coefficient (Wildman–Crippen LogP) is 4.30. The first-order chi connectivity index (χ1) is 9.60. The highest BCUT2D eigenvalue weighted by molar-refractivity contribution is 6.34. The maximum Gasteiger partial charge on any atom is 0.257 e. The first kappa shape index (κ1) is 14.4. The number of anilines is 1. The summed E-state index contributed by atoms with van der Waals surface area (Å²) in [5.74, 6) is 0.490. The van der Waals surface area contributed by atoms with Crippen LogP contribution in [-0.4, -0.2) is 12.5 Å². The molecule has 0 spiro atoms. The van der Waals surface area contributed by atoms with Gasteiger partial charge in [-0.15, -0.1) is 0 Å². The summed E-state index contributed by atoms with van der Waals surface area (Å²) in [5.41, 5.74) is 2.15. The number of hydrogen-bond acceptors (Lipinski definition) is 2. The Hall–Kier alpha value is -2.00. The van der Waals surface area contributed by atoms with Crippen molar-refractivity contribution in [2.45, 2.75) is 13.8 Å². The summed E-state index contributed by atoms with van der Waals surface area (Å²) < 4.78 is 5.40. The topological polar surface area (TPSA) is 38.3 Å². The average Bonchev–Trinajstić information content (AvgIpc) is 2.39. The van der Waals surface area contributed by atoms with Crippen LogP contribution in [0.4, 0.5) is 5.69 Å². The highest BCUT2D eigenvalue weighted by atomic mass is 35.5. The van der Waals surface area contributed by atoms with Crippen molar-refractivity contribution in [3.63, 3.8) is 0 Å². The lowest BCUT2D eigenvalue weighted by Crippen LogP contribution is -2.12. The SMILES string of the molecule is CCOc1cccc(NC(=O)c2ccc(C)cc2Cl)c1. The molecule has 0 atom stereocenters. The van der Waals surface area contributed by atoms with E-state index in [1.165, 1.54) is 0 Å². The van der Waals surface area contributed by atoms with E-state index in [4.69, 9.17) is 16.3 Å². The standard InChI is InChI=1S/C16H16ClNO2/c1-3-20-13-6-4-5-12(10-13)18-16(19)14-8-7-11(2)9-15(14)17/h4-10H,3H2,1-2H3,(H,18,19). The van der Waals surface area contributed by atoms with E-state index in [1.54, 1.807) is 18.2 Å². The quantitative estimate of drug-likeness (QED) is 0.911. The van der Waals surface area contributed by atoms with Gasteiger partial charge in [0.1, 0.15) is 5.75 Å². The van der Waals surface area contributed by atoms with Gasteiger partial charge in [-0.2, -0.15) is 0 Å². The molecule has 0 aromatic heterocycles. The maximum absolute atomic E-state index is 12.2. The minimum Gasteiger partial charge on any atom is -0.494 e. The summed E-state index contributed by atoms with van der Waals surface area (Å²) >= 11 is 6.09. The molecule has 2 aromatic rings. The zero-order valence-electron chi connectivity index (χ0n) is 11.4. The zero-order valence-corrected chi connectivity index (χ0v) is 12.2. The van der Waals surface area contributed by atoms with Crippen LogP contribution in [-0.2, 0) is 0 Å². The molecule has 20 heavy (non-hydrogen) atoms. The molecular formula is C16H16ClNO2. The van der Waals surface area contributed by atoms with Crippen LogP contribution in [0.5, 0.6) is 5.75 Å². The number of ether oxygens (including phenoxy) is 1. The summed E-state index contributed by atoms with van der Waals surface area (Å²) in [6.45, 7) is 4.43. The van der Waals surface area contributed by atoms with Crippen molar-refractivity contribution in [2.24, 2.45) is 0 Å². The van der Waals surface area contributed by atoms with E-state index < -0.39 is 0 Å². The predicted molar refractivity (Wildman–Crippen MR) is 81.8 cm³/mol. The second-order valence-corrected chi connectivity index (χ2v) is 4.81. The lowest BCUT2D eigenvalue weighted by atomic mass is 10.1. The first-order valence-corrected chi connectivity index (χ1v) is 6.78. The molecule has 4 heteroatoms. The summed E-state index contributed by atoms with van der Waals surface area (Å²) in [4.78, 5) is 12.2. The van der Waals surface area contributed by atoms with E-state index in [-0.39, 0.29) is 5.91 Å². The molecule has 0 aliphatic heterocycles. The average molecular weight is 290 g/mol. The van der Waals surface area contributed by atoms with E-state index >= 15 is 0 Å². The van der Waals surface area contributed by atoms with Crippen LogP contribution in [0.2, 0.25) is 5.02 Å². The van der Waals surface area contributed by atoms with E-state index in [0.717, 1.165) is 11.3 Å². The van der Waals surface area contributed by atoms with Crippen molar-refractivity contribution in [1.29, 1.82) is 0 Å². The van der Waals surface area contributed by atoms with Crippen LogP contribution in [0.3, 0.4) is 0 Å². The van der Waals surface area contributed by atoms with E-state index in [1.807, 2.05) is 38.1 Å². The number of amides is 1. The molecule has 0 radical (unpaired) electrons. The van der Waals surface area contributed by atoms with Crippen LogP contribution in [0.15, 0.2) is 42.5 Å². The van der Waals surface area contributed by atoms with Crippen molar-refractivity contribution < 1.29 is 9.53 Å². The molecule has 0 saturated carbocycles. The molecule has 3 nitrogen and oxygen atoms in total. The molecule has 1 N–H and O–H groups in total. The second-order valence-electron chi connectivity index (χ2n) is 4.40. The van der Waals surface area contributed by atoms with Gasteiger partial charge in [-0.3, -0.25) is 4.79 Å². The highest BCUT2D eigenvalue weighted by Gasteiger charge is 2.10. The molecule has 0 aliphatic rings. The normalized spacial score (nSPS) is 10.2. The van der Waals surface area contributed by atoms with Gasteiger partial charge in [0, 0.05) is 11.8 Å². The molecule has 0 unspecified atom stereocenters. The summed E-state index contributed by atoms with van der Waals surface area (Å²) in [6, 6.07) is 12.6. The van der Waals surface area contributed by atoms with E-state index in [9.17, 15) is 4.79 Å². The van der Waals surface area contributed by atoms with Crippen molar-refractivity contribution in [2.75, 3.05) is 11.9 Å². The Bertz CT molecular complexity index is 626. The molecule has 2 aromatic carbocycles. The lowest BCUT2D eigenvalue weighted by Gasteiger charge is -2.09. The van der Waals surface area contributed by atoms with Gasteiger partial charge in [0.25, 0.3) is 5.91 Å². The Labute approximate surface area is 123 Å². The molecule has 1 amide bonds. The van der Waals surface area contributed by atoms with E-state index in [0.29, 0.717) is 22.9 Å². The van der Waals surface area contributed by atoms with Crippen LogP contribution in [0.1, 0.15) is 22.8 Å². The molecule has 104 valence electrons. The number of aryl methyl sites for hydroxylation is 1. The molecule has 0 heterocycles. The molecule has 0 saturated heterocycles. The van der Waals surface area contributed by atoms with Gasteiger partial charge in [-0.25, -0.2) is 0 Å². The van der Waals surface area contributed by atoms with E-state index in [2.05, 4.69) is 5.32 Å². The van der Waals surface area contributed by atoms with Crippen LogP contribution >= 0.6 is 11.6 Å². The summed E-state index contributed by atoms with van der Waals surface area (Å²) in [6.07, 6.45) is 0. The summed E-state index contributed by atoms with van der Waals surface area (Å²) in [5, 5.41) is 3.26. The third-order valence-electron chi connectivity index (χ3n) is 2.77. The van der Waals surface area contributed by atoms with Gasteiger partial charge in [0.2, 0.25) is 0 Å². The fourth-order valence-corrected chi connectivity index (χ4v) is 2.15.